The van der Waals surface area contributed by atoms with E-state index in [9.17, 15) is 0 Å². The second-order valence-electron chi connectivity index (χ2n) is 5.04. The Balaban J connectivity index is 3.59. The zero-order valence-corrected chi connectivity index (χ0v) is 10.0. The molecular weight excluding hydrogens is 160 g/mol. The van der Waals surface area contributed by atoms with Gasteiger partial charge in [-0.1, -0.05) is 47.5 Å². The van der Waals surface area contributed by atoms with Gasteiger partial charge in [-0.05, 0) is 18.3 Å². The summed E-state index contributed by atoms with van der Waals surface area (Å²) in [6, 6.07) is 0. The molecule has 0 heterocycles. The Labute approximate surface area is 83.9 Å². The summed E-state index contributed by atoms with van der Waals surface area (Å²) in [6.45, 7) is 12.0. The first-order chi connectivity index (χ1) is 5.99. The molecule has 0 amide bonds. The molecule has 0 rings (SSSR count). The van der Waals surface area contributed by atoms with Crippen LogP contribution in [0.1, 0.15) is 60.3 Å². The molecule has 0 aromatic rings. The minimum atomic E-state index is 0.305. The molecule has 0 saturated carbocycles. The summed E-state index contributed by atoms with van der Waals surface area (Å²) in [5.41, 5.74) is 0.305. The van der Waals surface area contributed by atoms with Gasteiger partial charge in [0, 0.05) is 0 Å². The van der Waals surface area contributed by atoms with Crippen LogP contribution >= 0.6 is 0 Å². The molecule has 0 aliphatic rings. The molecule has 0 aromatic heterocycles. The molecule has 0 spiro atoms. The molecule has 0 aliphatic carbocycles. The Morgan fingerprint density at radius 1 is 1.15 bits per heavy atom. The lowest BCUT2D eigenvalue weighted by Gasteiger charge is -2.23. The first-order valence-electron chi connectivity index (χ1n) is 5.61. The van der Waals surface area contributed by atoms with Gasteiger partial charge in [0.1, 0.15) is 0 Å². The van der Waals surface area contributed by atoms with E-state index in [2.05, 4.69) is 34.6 Å². The van der Waals surface area contributed by atoms with Gasteiger partial charge >= 0.3 is 0 Å². The second-order valence-corrected chi connectivity index (χ2v) is 5.04. The van der Waals surface area contributed by atoms with Crippen molar-refractivity contribution in [3.8, 4) is 0 Å². The summed E-state index contributed by atoms with van der Waals surface area (Å²) in [4.78, 5) is 0. The van der Waals surface area contributed by atoms with Crippen molar-refractivity contribution >= 4 is 0 Å². The summed E-state index contributed by atoms with van der Waals surface area (Å²) < 4.78 is 5.86. The fraction of sp³-hybridized carbons (Fsp3) is 1.00. The van der Waals surface area contributed by atoms with Crippen molar-refractivity contribution in [1.29, 1.82) is 0 Å². The lowest BCUT2D eigenvalue weighted by molar-refractivity contribution is 0.00162. The average Bonchev–Trinajstić information content (AvgIpc) is 2.03. The molecule has 0 saturated heterocycles. The molecule has 1 heteroatoms. The lowest BCUT2D eigenvalue weighted by atomic mass is 9.98. The molecule has 0 bridgehead atoms. The Morgan fingerprint density at radius 2 is 1.77 bits per heavy atom. The molecule has 13 heavy (non-hydrogen) atoms. The second kappa shape index (κ2) is 6.42. The number of rotatable bonds is 6. The van der Waals surface area contributed by atoms with Crippen molar-refractivity contribution in [3.05, 3.63) is 0 Å². The predicted molar refractivity (Wildman–Crippen MR) is 59.0 cm³/mol. The third kappa shape index (κ3) is 8.29. The highest BCUT2D eigenvalue weighted by Gasteiger charge is 2.13. The van der Waals surface area contributed by atoms with Crippen LogP contribution in [0.15, 0.2) is 0 Å². The van der Waals surface area contributed by atoms with Crippen LogP contribution in [0.25, 0.3) is 0 Å². The van der Waals surface area contributed by atoms with Crippen LogP contribution in [0.2, 0.25) is 0 Å². The number of unbranched alkanes of at least 4 members (excludes halogenated alkanes) is 1. The Bertz CT molecular complexity index is 113. The number of hydrogen-bond donors (Lipinski definition) is 0. The summed E-state index contributed by atoms with van der Waals surface area (Å²) in [5, 5.41) is 0. The maximum atomic E-state index is 5.86. The highest BCUT2D eigenvalue weighted by molar-refractivity contribution is 4.62. The fourth-order valence-corrected chi connectivity index (χ4v) is 1.20. The summed E-state index contributed by atoms with van der Waals surface area (Å²) in [7, 11) is 0. The van der Waals surface area contributed by atoms with Crippen molar-refractivity contribution in [2.75, 3.05) is 6.61 Å². The molecule has 0 radical (unpaired) electrons. The van der Waals surface area contributed by atoms with E-state index in [4.69, 9.17) is 4.74 Å². The standard InChI is InChI=1S/C12H26O/c1-6-8-9-11(7-2)13-10-12(3,4)5/h11H,6-10H2,1-5H3. The quantitative estimate of drug-likeness (QED) is 0.609. The fourth-order valence-electron chi connectivity index (χ4n) is 1.20. The zero-order chi connectivity index (χ0) is 10.3. The van der Waals surface area contributed by atoms with E-state index in [1.807, 2.05) is 0 Å². The lowest BCUT2D eigenvalue weighted by Crippen LogP contribution is -2.21. The van der Waals surface area contributed by atoms with Crippen molar-refractivity contribution in [1.82, 2.24) is 0 Å². The van der Waals surface area contributed by atoms with Gasteiger partial charge in [-0.25, -0.2) is 0 Å². The van der Waals surface area contributed by atoms with Gasteiger partial charge in [-0.3, -0.25) is 0 Å². The predicted octanol–water partition coefficient (Wildman–Crippen LogP) is 4.02. The minimum Gasteiger partial charge on any atom is -0.378 e. The topological polar surface area (TPSA) is 9.23 Å². The number of hydrogen-bond acceptors (Lipinski definition) is 1. The van der Waals surface area contributed by atoms with Crippen molar-refractivity contribution in [2.24, 2.45) is 5.41 Å². The molecule has 0 aromatic carbocycles. The largest absolute Gasteiger partial charge is 0.378 e. The van der Waals surface area contributed by atoms with Crippen LogP contribution in [-0.4, -0.2) is 12.7 Å². The van der Waals surface area contributed by atoms with Gasteiger partial charge < -0.3 is 4.74 Å². The van der Waals surface area contributed by atoms with Crippen molar-refractivity contribution < 1.29 is 4.74 Å². The molecule has 80 valence electrons. The maximum absolute atomic E-state index is 5.86. The van der Waals surface area contributed by atoms with E-state index >= 15 is 0 Å². The Morgan fingerprint density at radius 3 is 2.15 bits per heavy atom. The van der Waals surface area contributed by atoms with Crippen LogP contribution in [0, 0.1) is 5.41 Å². The minimum absolute atomic E-state index is 0.305. The summed E-state index contributed by atoms with van der Waals surface area (Å²) in [6.07, 6.45) is 5.43. The van der Waals surface area contributed by atoms with Crippen molar-refractivity contribution in [3.63, 3.8) is 0 Å². The molecule has 1 nitrogen and oxygen atoms in total. The monoisotopic (exact) mass is 186 g/mol. The highest BCUT2D eigenvalue weighted by atomic mass is 16.5. The van der Waals surface area contributed by atoms with Gasteiger partial charge in [0.2, 0.25) is 0 Å². The molecule has 0 N–H and O–H groups in total. The van der Waals surface area contributed by atoms with Crippen molar-refractivity contribution in [2.45, 2.75) is 66.4 Å². The van der Waals surface area contributed by atoms with Gasteiger partial charge in [0.25, 0.3) is 0 Å². The summed E-state index contributed by atoms with van der Waals surface area (Å²) in [5.74, 6) is 0. The van der Waals surface area contributed by atoms with E-state index in [1.54, 1.807) is 0 Å². The third-order valence-electron chi connectivity index (χ3n) is 2.09. The van der Waals surface area contributed by atoms with E-state index in [0.29, 0.717) is 11.5 Å². The van der Waals surface area contributed by atoms with Crippen LogP contribution in [0.5, 0.6) is 0 Å². The highest BCUT2D eigenvalue weighted by Crippen LogP contribution is 2.17. The Kier molecular flexibility index (Phi) is 6.40. The van der Waals surface area contributed by atoms with E-state index in [-0.39, 0.29) is 0 Å². The van der Waals surface area contributed by atoms with Gasteiger partial charge in [0.05, 0.1) is 12.7 Å². The molecule has 1 unspecified atom stereocenters. The third-order valence-corrected chi connectivity index (χ3v) is 2.09. The van der Waals surface area contributed by atoms with Crippen LogP contribution in [0.4, 0.5) is 0 Å². The first kappa shape index (κ1) is 13.0. The zero-order valence-electron chi connectivity index (χ0n) is 10.0. The number of ether oxygens (including phenoxy) is 1. The van der Waals surface area contributed by atoms with Gasteiger partial charge in [-0.15, -0.1) is 0 Å². The molecular formula is C12H26O. The normalized spacial score (nSPS) is 14.5. The van der Waals surface area contributed by atoms with Crippen LogP contribution in [0.3, 0.4) is 0 Å². The van der Waals surface area contributed by atoms with E-state index in [0.717, 1.165) is 13.0 Å². The molecule has 1 atom stereocenters. The SMILES string of the molecule is CCCCC(CC)OCC(C)(C)C. The van der Waals surface area contributed by atoms with Gasteiger partial charge in [-0.2, -0.15) is 0 Å². The van der Waals surface area contributed by atoms with Gasteiger partial charge in [0.15, 0.2) is 0 Å². The van der Waals surface area contributed by atoms with Crippen LogP contribution in [-0.2, 0) is 4.74 Å². The Hall–Kier alpha value is -0.0400. The molecule has 0 fully saturated rings. The van der Waals surface area contributed by atoms with E-state index in [1.165, 1.54) is 19.3 Å². The molecule has 0 aliphatic heterocycles. The smallest absolute Gasteiger partial charge is 0.0572 e. The van der Waals surface area contributed by atoms with E-state index < -0.39 is 0 Å². The first-order valence-corrected chi connectivity index (χ1v) is 5.61. The average molecular weight is 186 g/mol. The van der Waals surface area contributed by atoms with Crippen LogP contribution < -0.4 is 0 Å². The summed E-state index contributed by atoms with van der Waals surface area (Å²) >= 11 is 0. The maximum Gasteiger partial charge on any atom is 0.0572 e.